The number of amides is 1. The Balaban J connectivity index is 1.63. The van der Waals surface area contributed by atoms with Gasteiger partial charge in [-0.05, 0) is 31.9 Å². The molecular weight excluding hydrogens is 336 g/mol. The van der Waals surface area contributed by atoms with E-state index in [9.17, 15) is 14.7 Å². The maximum atomic E-state index is 12.6. The maximum absolute atomic E-state index is 12.6. The zero-order valence-corrected chi connectivity index (χ0v) is 14.3. The Labute approximate surface area is 149 Å². The molecule has 0 spiro atoms. The normalized spacial score (nSPS) is 16.7. The molecule has 26 heavy (non-hydrogen) atoms. The van der Waals surface area contributed by atoms with Gasteiger partial charge in [0.2, 0.25) is 5.76 Å². The molecule has 8 nitrogen and oxygen atoms in total. The molecule has 0 bridgehead atoms. The molecule has 1 fully saturated rings. The zero-order valence-electron chi connectivity index (χ0n) is 14.3. The monoisotopic (exact) mass is 354 g/mol. The van der Waals surface area contributed by atoms with Crippen molar-refractivity contribution in [2.75, 3.05) is 13.1 Å². The summed E-state index contributed by atoms with van der Waals surface area (Å²) >= 11 is 0. The first-order chi connectivity index (χ1) is 12.5. The highest BCUT2D eigenvalue weighted by Gasteiger charge is 2.45. The number of carbonyl (C=O) groups excluding carboxylic acids is 1. The first-order valence-corrected chi connectivity index (χ1v) is 8.38. The van der Waals surface area contributed by atoms with Gasteiger partial charge in [0.05, 0.1) is 23.1 Å². The Morgan fingerprint density at radius 3 is 2.58 bits per heavy atom. The second-order valence-corrected chi connectivity index (χ2v) is 6.50. The Morgan fingerprint density at radius 2 is 1.92 bits per heavy atom. The van der Waals surface area contributed by atoms with Crippen molar-refractivity contribution in [3.8, 4) is 0 Å². The molecule has 1 amide bonds. The van der Waals surface area contributed by atoms with E-state index in [-0.39, 0.29) is 11.7 Å². The lowest BCUT2D eigenvalue weighted by Crippen LogP contribution is -2.52. The number of piperidine rings is 1. The lowest BCUT2D eigenvalue weighted by atomic mass is 9.86. The number of rotatable bonds is 3. The van der Waals surface area contributed by atoms with E-state index in [1.54, 1.807) is 22.7 Å². The highest BCUT2D eigenvalue weighted by molar-refractivity contribution is 5.92. The second kappa shape index (κ2) is 5.98. The molecule has 1 aliphatic rings. The quantitative estimate of drug-likeness (QED) is 0.772. The molecule has 0 saturated carbocycles. The topological polar surface area (TPSA) is 101 Å². The summed E-state index contributed by atoms with van der Waals surface area (Å²) in [4.78, 5) is 34.7. The second-order valence-electron chi connectivity index (χ2n) is 6.50. The van der Waals surface area contributed by atoms with E-state index >= 15 is 0 Å². The molecule has 3 aromatic rings. The summed E-state index contributed by atoms with van der Waals surface area (Å²) in [6.45, 7) is 2.34. The number of carboxylic acid groups (broad SMARTS) is 1. The lowest BCUT2D eigenvalue weighted by molar-refractivity contribution is -0.149. The van der Waals surface area contributed by atoms with Crippen LogP contribution in [-0.4, -0.2) is 49.5 Å². The van der Waals surface area contributed by atoms with Crippen molar-refractivity contribution in [2.45, 2.75) is 25.3 Å². The van der Waals surface area contributed by atoms with Gasteiger partial charge in [-0.25, -0.2) is 14.8 Å². The third-order valence-corrected chi connectivity index (χ3v) is 5.13. The molecule has 4 rings (SSSR count). The number of imidazole rings is 1. The number of fused-ring (bicyclic) bond motifs is 1. The van der Waals surface area contributed by atoms with Crippen LogP contribution in [0, 0.1) is 6.92 Å². The first kappa shape index (κ1) is 16.3. The number of oxazole rings is 1. The van der Waals surface area contributed by atoms with E-state index in [2.05, 4.69) is 9.97 Å². The number of hydrogen-bond donors (Lipinski definition) is 1. The number of likely N-dealkylation sites (tertiary alicyclic amines) is 1. The van der Waals surface area contributed by atoms with Gasteiger partial charge in [0, 0.05) is 13.1 Å². The number of para-hydroxylation sites is 2. The predicted octanol–water partition coefficient (Wildman–Crippen LogP) is 2.05. The highest BCUT2D eigenvalue weighted by atomic mass is 16.4. The van der Waals surface area contributed by atoms with Gasteiger partial charge in [0.1, 0.15) is 5.54 Å². The number of hydrogen-bond acceptors (Lipinski definition) is 5. The molecule has 1 aliphatic heterocycles. The van der Waals surface area contributed by atoms with Crippen LogP contribution in [-0.2, 0) is 10.3 Å². The van der Waals surface area contributed by atoms with Crippen molar-refractivity contribution in [1.82, 2.24) is 19.4 Å². The SMILES string of the molecule is Cc1ncoc1C(=O)N1CCC(C(=O)O)(n2cnc3ccccc32)CC1. The molecule has 8 heteroatoms. The van der Waals surface area contributed by atoms with Crippen molar-refractivity contribution >= 4 is 22.9 Å². The van der Waals surface area contributed by atoms with Crippen molar-refractivity contribution in [1.29, 1.82) is 0 Å². The van der Waals surface area contributed by atoms with E-state index < -0.39 is 11.5 Å². The van der Waals surface area contributed by atoms with E-state index in [1.807, 2.05) is 24.3 Å². The number of carboxylic acids is 1. The molecule has 0 aliphatic carbocycles. The number of aliphatic carboxylic acids is 1. The smallest absolute Gasteiger partial charge is 0.330 e. The number of benzene rings is 1. The van der Waals surface area contributed by atoms with Gasteiger partial charge in [-0.15, -0.1) is 0 Å². The number of carbonyl (C=O) groups is 2. The number of aromatic nitrogens is 3. The van der Waals surface area contributed by atoms with Crippen LogP contribution < -0.4 is 0 Å². The zero-order chi connectivity index (χ0) is 18.3. The summed E-state index contributed by atoms with van der Waals surface area (Å²) < 4.78 is 6.90. The fourth-order valence-electron chi connectivity index (χ4n) is 3.59. The Hall–Kier alpha value is -3.16. The summed E-state index contributed by atoms with van der Waals surface area (Å²) in [5.74, 6) is -0.959. The summed E-state index contributed by atoms with van der Waals surface area (Å²) in [6, 6.07) is 7.45. The fourth-order valence-corrected chi connectivity index (χ4v) is 3.59. The average Bonchev–Trinajstić information content (AvgIpc) is 3.27. The number of nitrogens with zero attached hydrogens (tertiary/aromatic N) is 4. The molecule has 0 atom stereocenters. The van der Waals surface area contributed by atoms with Crippen molar-refractivity contribution in [3.05, 3.63) is 48.4 Å². The lowest BCUT2D eigenvalue weighted by Gasteiger charge is -2.39. The summed E-state index contributed by atoms with van der Waals surface area (Å²) in [7, 11) is 0. The fraction of sp³-hybridized carbons (Fsp3) is 0.333. The molecule has 0 unspecified atom stereocenters. The van der Waals surface area contributed by atoms with Gasteiger partial charge in [0.25, 0.3) is 5.91 Å². The van der Waals surface area contributed by atoms with Gasteiger partial charge in [-0.3, -0.25) is 4.79 Å². The Kier molecular flexibility index (Phi) is 3.75. The van der Waals surface area contributed by atoms with Crippen molar-refractivity contribution in [2.24, 2.45) is 0 Å². The maximum Gasteiger partial charge on any atom is 0.330 e. The van der Waals surface area contributed by atoms with Crippen LogP contribution in [0.2, 0.25) is 0 Å². The standard InChI is InChI=1S/C18H18N4O4/c1-12-15(26-11-20-12)16(23)21-8-6-18(7-9-21,17(24)25)22-10-19-13-4-2-3-5-14(13)22/h2-5,10-11H,6-9H2,1H3,(H,24,25). The Morgan fingerprint density at radius 1 is 1.19 bits per heavy atom. The van der Waals surface area contributed by atoms with Crippen LogP contribution in [0.3, 0.4) is 0 Å². The summed E-state index contributed by atoms with van der Waals surface area (Å²) in [5.41, 5.74) is 0.943. The van der Waals surface area contributed by atoms with Gasteiger partial charge >= 0.3 is 5.97 Å². The van der Waals surface area contributed by atoms with Crippen LogP contribution in [0.1, 0.15) is 29.1 Å². The molecule has 1 aromatic carbocycles. The van der Waals surface area contributed by atoms with Gasteiger partial charge in [0.15, 0.2) is 6.39 Å². The highest BCUT2D eigenvalue weighted by Crippen LogP contribution is 2.34. The van der Waals surface area contributed by atoms with E-state index in [1.165, 1.54) is 6.39 Å². The van der Waals surface area contributed by atoms with E-state index in [4.69, 9.17) is 4.42 Å². The van der Waals surface area contributed by atoms with Crippen LogP contribution in [0.4, 0.5) is 0 Å². The van der Waals surface area contributed by atoms with Gasteiger partial charge < -0.3 is 19.0 Å². The Bertz CT molecular complexity index is 982. The van der Waals surface area contributed by atoms with Crippen LogP contribution in [0.5, 0.6) is 0 Å². The average molecular weight is 354 g/mol. The van der Waals surface area contributed by atoms with E-state index in [0.717, 1.165) is 11.0 Å². The largest absolute Gasteiger partial charge is 0.479 e. The molecule has 2 aromatic heterocycles. The first-order valence-electron chi connectivity index (χ1n) is 8.38. The summed E-state index contributed by atoms with van der Waals surface area (Å²) in [5, 5.41) is 9.99. The predicted molar refractivity (Wildman–Crippen MR) is 91.7 cm³/mol. The minimum absolute atomic E-state index is 0.209. The van der Waals surface area contributed by atoms with Gasteiger partial charge in [-0.2, -0.15) is 0 Å². The minimum Gasteiger partial charge on any atom is -0.479 e. The summed E-state index contributed by atoms with van der Waals surface area (Å²) in [6.07, 6.45) is 3.41. The third-order valence-electron chi connectivity index (χ3n) is 5.13. The van der Waals surface area contributed by atoms with Crippen molar-refractivity contribution in [3.63, 3.8) is 0 Å². The van der Waals surface area contributed by atoms with Crippen LogP contribution in [0.25, 0.3) is 11.0 Å². The molecular formula is C18H18N4O4. The van der Waals surface area contributed by atoms with Crippen molar-refractivity contribution < 1.29 is 19.1 Å². The molecule has 134 valence electrons. The minimum atomic E-state index is -1.12. The molecule has 0 radical (unpaired) electrons. The molecule has 1 saturated heterocycles. The third kappa shape index (κ3) is 2.37. The van der Waals surface area contributed by atoms with Crippen LogP contribution >= 0.6 is 0 Å². The number of aryl methyl sites for hydroxylation is 1. The van der Waals surface area contributed by atoms with Crippen LogP contribution in [0.15, 0.2) is 41.4 Å². The molecule has 3 heterocycles. The van der Waals surface area contributed by atoms with E-state index in [0.29, 0.717) is 31.6 Å². The molecule has 1 N–H and O–H groups in total. The van der Waals surface area contributed by atoms with Gasteiger partial charge in [-0.1, -0.05) is 12.1 Å².